The molecule has 6 heteroatoms. The lowest BCUT2D eigenvalue weighted by molar-refractivity contribution is 0.0600. The van der Waals surface area contributed by atoms with Crippen LogP contribution in [0.1, 0.15) is 63.1 Å². The van der Waals surface area contributed by atoms with Gasteiger partial charge in [-0.25, -0.2) is 4.79 Å². The summed E-state index contributed by atoms with van der Waals surface area (Å²) in [5.41, 5.74) is 5.06. The summed E-state index contributed by atoms with van der Waals surface area (Å²) in [5.74, 6) is 1.65. The zero-order valence-electron chi connectivity index (χ0n) is 19.5. The lowest BCUT2D eigenvalue weighted by Crippen LogP contribution is -2.35. The summed E-state index contributed by atoms with van der Waals surface area (Å²) >= 11 is 6.12. The minimum absolute atomic E-state index is 0.212. The molecule has 1 heterocycles. The van der Waals surface area contributed by atoms with Crippen LogP contribution in [0.2, 0.25) is 5.02 Å². The molecule has 6 rings (SSSR count). The fraction of sp³-hybridized carbons (Fsp3) is 0.310. The molecule has 35 heavy (non-hydrogen) atoms. The Kier molecular flexibility index (Phi) is 5.53. The predicted molar refractivity (Wildman–Crippen MR) is 137 cm³/mol. The van der Waals surface area contributed by atoms with E-state index in [9.17, 15) is 9.59 Å². The van der Waals surface area contributed by atoms with E-state index in [-0.39, 0.29) is 16.5 Å². The van der Waals surface area contributed by atoms with Crippen LogP contribution in [-0.2, 0) is 4.74 Å². The third kappa shape index (κ3) is 3.79. The molecule has 0 aromatic heterocycles. The van der Waals surface area contributed by atoms with Crippen LogP contribution >= 0.6 is 11.6 Å². The molecule has 3 aromatic rings. The van der Waals surface area contributed by atoms with Crippen molar-refractivity contribution in [1.82, 2.24) is 0 Å². The van der Waals surface area contributed by atoms with E-state index >= 15 is 0 Å². The molecule has 0 saturated heterocycles. The van der Waals surface area contributed by atoms with Gasteiger partial charge in [0.1, 0.15) is 0 Å². The molecule has 1 aliphatic heterocycles. The highest BCUT2D eigenvalue weighted by Crippen LogP contribution is 2.63. The molecule has 2 aliphatic carbocycles. The molecular weight excluding hydrogens is 460 g/mol. The van der Waals surface area contributed by atoms with Crippen LogP contribution in [0.25, 0.3) is 0 Å². The number of hydrogen-bond donors (Lipinski definition) is 2. The Bertz CT molecular complexity index is 1310. The molecule has 1 amide bonds. The fourth-order valence-electron chi connectivity index (χ4n) is 6.69. The zero-order chi connectivity index (χ0) is 24.1. The van der Waals surface area contributed by atoms with Crippen LogP contribution < -0.4 is 10.6 Å². The van der Waals surface area contributed by atoms with Gasteiger partial charge in [0.25, 0.3) is 5.91 Å². The highest BCUT2D eigenvalue weighted by Gasteiger charge is 2.53. The van der Waals surface area contributed by atoms with E-state index in [1.54, 1.807) is 18.2 Å². The van der Waals surface area contributed by atoms with Gasteiger partial charge in [0, 0.05) is 16.9 Å². The van der Waals surface area contributed by atoms with Gasteiger partial charge in [0.05, 0.1) is 23.7 Å². The summed E-state index contributed by atoms with van der Waals surface area (Å²) in [5, 5.41) is 7.02. The van der Waals surface area contributed by atoms with E-state index in [4.69, 9.17) is 16.3 Å². The van der Waals surface area contributed by atoms with Crippen molar-refractivity contribution >= 4 is 34.9 Å². The van der Waals surface area contributed by atoms with Crippen molar-refractivity contribution in [3.8, 4) is 0 Å². The number of carbonyl (C=O) groups is 2. The zero-order valence-corrected chi connectivity index (χ0v) is 20.2. The minimum atomic E-state index is -0.541. The average molecular weight is 487 g/mol. The summed E-state index contributed by atoms with van der Waals surface area (Å²) in [4.78, 5) is 25.2. The second kappa shape index (κ2) is 8.72. The first-order valence-corrected chi connectivity index (χ1v) is 12.6. The third-order valence-corrected chi connectivity index (χ3v) is 8.47. The number of rotatable bonds is 4. The molecule has 3 aromatic carbocycles. The summed E-state index contributed by atoms with van der Waals surface area (Å²) in [6.07, 6.45) is 3.84. The van der Waals surface area contributed by atoms with Crippen molar-refractivity contribution in [2.45, 2.75) is 31.2 Å². The van der Waals surface area contributed by atoms with Gasteiger partial charge >= 0.3 is 5.97 Å². The van der Waals surface area contributed by atoms with Gasteiger partial charge in [0.15, 0.2) is 0 Å². The van der Waals surface area contributed by atoms with E-state index in [1.165, 1.54) is 37.5 Å². The Labute approximate surface area is 209 Å². The van der Waals surface area contributed by atoms with Gasteiger partial charge in [-0.15, -0.1) is 0 Å². The number of methoxy groups -OCH3 is 1. The number of fused-ring (bicyclic) bond motifs is 7. The Morgan fingerprint density at radius 3 is 2.60 bits per heavy atom. The molecule has 0 radical (unpaired) electrons. The van der Waals surface area contributed by atoms with Crippen LogP contribution in [0, 0.1) is 17.8 Å². The highest BCUT2D eigenvalue weighted by molar-refractivity contribution is 6.33. The number of anilines is 2. The van der Waals surface area contributed by atoms with Crippen molar-refractivity contribution in [2.75, 3.05) is 17.7 Å². The van der Waals surface area contributed by atoms with Gasteiger partial charge in [-0.3, -0.25) is 4.79 Å². The lowest BCUT2D eigenvalue weighted by Gasteiger charge is -2.43. The second-order valence-electron chi connectivity index (χ2n) is 9.91. The average Bonchev–Trinajstić information content (AvgIpc) is 3.52. The quantitative estimate of drug-likeness (QED) is 0.404. The summed E-state index contributed by atoms with van der Waals surface area (Å²) in [6, 6.07) is 21.8. The number of amides is 1. The standard InChI is InChI=1S/C29H27ClN2O3/c1-35-29(34)21-15-20(10-11-23(21)30)31-28(33)19-9-12-24-22(14-19)25-17-7-8-18(13-17)26(25)27(32-24)16-5-3-2-4-6-16/h2-6,9-12,14-15,17-18,25-27,32H,7-8,13H2,1H3,(H,31,33). The summed E-state index contributed by atoms with van der Waals surface area (Å²) in [6.45, 7) is 0. The molecule has 2 saturated carbocycles. The third-order valence-electron chi connectivity index (χ3n) is 8.14. The van der Waals surface area contributed by atoms with E-state index in [1.807, 2.05) is 12.1 Å². The molecule has 3 aliphatic rings. The maximum atomic E-state index is 13.2. The van der Waals surface area contributed by atoms with Crippen LogP contribution in [0.4, 0.5) is 11.4 Å². The van der Waals surface area contributed by atoms with E-state index < -0.39 is 5.97 Å². The molecule has 5 unspecified atom stereocenters. The minimum Gasteiger partial charge on any atom is -0.465 e. The van der Waals surface area contributed by atoms with Crippen LogP contribution in [0.5, 0.6) is 0 Å². The topological polar surface area (TPSA) is 67.4 Å². The first-order valence-electron chi connectivity index (χ1n) is 12.2. The monoisotopic (exact) mass is 486 g/mol. The van der Waals surface area contributed by atoms with E-state index in [0.717, 1.165) is 11.6 Å². The number of carbonyl (C=O) groups excluding carboxylic acids is 2. The number of ether oxygens (including phenoxy) is 1. The van der Waals surface area contributed by atoms with Crippen molar-refractivity contribution in [1.29, 1.82) is 0 Å². The molecule has 178 valence electrons. The largest absolute Gasteiger partial charge is 0.465 e. The van der Waals surface area contributed by atoms with Gasteiger partial charge in [0.2, 0.25) is 0 Å². The maximum absolute atomic E-state index is 13.2. The normalized spacial score (nSPS) is 25.8. The van der Waals surface area contributed by atoms with Gasteiger partial charge < -0.3 is 15.4 Å². The van der Waals surface area contributed by atoms with Crippen LogP contribution in [0.3, 0.4) is 0 Å². The van der Waals surface area contributed by atoms with Gasteiger partial charge in [-0.05, 0) is 90.5 Å². The van der Waals surface area contributed by atoms with E-state index in [2.05, 4.69) is 47.0 Å². The number of benzene rings is 3. The number of esters is 1. The summed E-state index contributed by atoms with van der Waals surface area (Å²) in [7, 11) is 1.30. The molecule has 0 spiro atoms. The Morgan fingerprint density at radius 1 is 1.00 bits per heavy atom. The van der Waals surface area contributed by atoms with E-state index in [0.29, 0.717) is 35.0 Å². The first kappa shape index (κ1) is 22.2. The van der Waals surface area contributed by atoms with Crippen molar-refractivity contribution < 1.29 is 14.3 Å². The Hall–Kier alpha value is -3.31. The molecular formula is C29H27ClN2O3. The molecule has 2 N–H and O–H groups in total. The first-order chi connectivity index (χ1) is 17.0. The van der Waals surface area contributed by atoms with Crippen molar-refractivity contribution in [3.63, 3.8) is 0 Å². The van der Waals surface area contributed by atoms with Crippen molar-refractivity contribution in [2.24, 2.45) is 17.8 Å². The summed E-state index contributed by atoms with van der Waals surface area (Å²) < 4.78 is 4.79. The van der Waals surface area contributed by atoms with Crippen LogP contribution in [-0.4, -0.2) is 19.0 Å². The van der Waals surface area contributed by atoms with Gasteiger partial charge in [-0.2, -0.15) is 0 Å². The van der Waals surface area contributed by atoms with Gasteiger partial charge in [-0.1, -0.05) is 41.9 Å². The SMILES string of the molecule is COC(=O)c1cc(NC(=O)c2ccc3c(c2)C2C4CCC(C4)C2C(c2ccccc2)N3)ccc1Cl. The molecule has 2 bridgehead atoms. The number of nitrogens with one attached hydrogen (secondary N) is 2. The van der Waals surface area contributed by atoms with Crippen molar-refractivity contribution in [3.05, 3.63) is 94.0 Å². The Balaban J connectivity index is 1.31. The number of hydrogen-bond acceptors (Lipinski definition) is 4. The molecule has 2 fully saturated rings. The highest BCUT2D eigenvalue weighted by atomic mass is 35.5. The maximum Gasteiger partial charge on any atom is 0.339 e. The molecule has 5 nitrogen and oxygen atoms in total. The second-order valence-corrected chi connectivity index (χ2v) is 10.3. The Morgan fingerprint density at radius 2 is 1.80 bits per heavy atom. The fourth-order valence-corrected chi connectivity index (χ4v) is 6.88. The lowest BCUT2D eigenvalue weighted by atomic mass is 9.68. The van der Waals surface area contributed by atoms with Crippen LogP contribution in [0.15, 0.2) is 66.7 Å². The number of halogens is 1. The smallest absolute Gasteiger partial charge is 0.339 e. The predicted octanol–water partition coefficient (Wildman–Crippen LogP) is 6.68. The molecule has 5 atom stereocenters.